The van der Waals surface area contributed by atoms with E-state index in [1.165, 1.54) is 7.11 Å². The molecule has 0 aliphatic carbocycles. The first-order chi connectivity index (χ1) is 6.29. The van der Waals surface area contributed by atoms with E-state index in [2.05, 4.69) is 20.3 Å². The maximum Gasteiger partial charge on any atom is 0.321 e. The minimum Gasteiger partial charge on any atom is -0.467 e. The Morgan fingerprint density at radius 3 is 2.69 bits per heavy atom. The summed E-state index contributed by atoms with van der Waals surface area (Å²) in [5, 5.41) is 3.13. The molecule has 1 aliphatic rings. The number of hydrogen-bond donors (Lipinski definition) is 2. The standard InChI is InChI=1S/C7H11N5O/c1-13-7-11-5(4-2-9-3-4)10-6(8)12-7/h4,9H,2-3H2,1H3,(H2,8,10,11,12). The summed E-state index contributed by atoms with van der Waals surface area (Å²) < 4.78 is 4.89. The lowest BCUT2D eigenvalue weighted by atomic mass is 10.0. The van der Waals surface area contributed by atoms with Crippen molar-refractivity contribution >= 4 is 5.95 Å². The monoisotopic (exact) mass is 181 g/mol. The molecule has 2 heterocycles. The van der Waals surface area contributed by atoms with Gasteiger partial charge in [-0.05, 0) is 0 Å². The average Bonchev–Trinajstić information content (AvgIpc) is 2.00. The molecule has 1 aromatic heterocycles. The third-order valence-electron chi connectivity index (χ3n) is 1.98. The van der Waals surface area contributed by atoms with E-state index in [-0.39, 0.29) is 12.0 Å². The van der Waals surface area contributed by atoms with Crippen molar-refractivity contribution in [2.75, 3.05) is 25.9 Å². The molecule has 2 rings (SSSR count). The highest BCUT2D eigenvalue weighted by Crippen LogP contribution is 2.17. The second-order valence-corrected chi connectivity index (χ2v) is 2.89. The number of nitrogens with one attached hydrogen (secondary N) is 1. The Bertz CT molecular complexity index is 312. The van der Waals surface area contributed by atoms with Crippen molar-refractivity contribution in [1.29, 1.82) is 0 Å². The van der Waals surface area contributed by atoms with E-state index in [4.69, 9.17) is 10.5 Å². The molecule has 6 nitrogen and oxygen atoms in total. The number of ether oxygens (including phenoxy) is 1. The SMILES string of the molecule is COc1nc(N)nc(C2CNC2)n1. The number of nitrogen functional groups attached to an aromatic ring is 1. The second-order valence-electron chi connectivity index (χ2n) is 2.89. The van der Waals surface area contributed by atoms with Crippen LogP contribution < -0.4 is 15.8 Å². The van der Waals surface area contributed by atoms with Gasteiger partial charge < -0.3 is 15.8 Å². The van der Waals surface area contributed by atoms with Gasteiger partial charge in [0.2, 0.25) is 5.95 Å². The summed E-state index contributed by atoms with van der Waals surface area (Å²) in [5.41, 5.74) is 5.49. The number of nitrogens with two attached hydrogens (primary N) is 1. The first kappa shape index (κ1) is 8.18. The minimum atomic E-state index is 0.216. The van der Waals surface area contributed by atoms with Crippen LogP contribution in [-0.2, 0) is 0 Å². The van der Waals surface area contributed by atoms with Gasteiger partial charge in [0, 0.05) is 19.0 Å². The van der Waals surface area contributed by atoms with E-state index < -0.39 is 0 Å². The van der Waals surface area contributed by atoms with Crippen LogP contribution in [0.1, 0.15) is 11.7 Å². The highest BCUT2D eigenvalue weighted by molar-refractivity contribution is 5.20. The van der Waals surface area contributed by atoms with Crippen LogP contribution in [0.3, 0.4) is 0 Å². The van der Waals surface area contributed by atoms with E-state index in [1.54, 1.807) is 0 Å². The van der Waals surface area contributed by atoms with Crippen molar-refractivity contribution in [3.8, 4) is 6.01 Å². The van der Waals surface area contributed by atoms with E-state index >= 15 is 0 Å². The summed E-state index contributed by atoms with van der Waals surface area (Å²) >= 11 is 0. The Hall–Kier alpha value is -1.43. The molecule has 0 amide bonds. The lowest BCUT2D eigenvalue weighted by Gasteiger charge is -2.25. The molecule has 0 atom stereocenters. The molecule has 0 unspecified atom stereocenters. The van der Waals surface area contributed by atoms with Crippen LogP contribution in [0, 0.1) is 0 Å². The molecule has 0 bridgehead atoms. The Balaban J connectivity index is 2.28. The molecule has 1 fully saturated rings. The molecule has 1 saturated heterocycles. The van der Waals surface area contributed by atoms with Crippen molar-refractivity contribution in [2.45, 2.75) is 5.92 Å². The normalized spacial score (nSPS) is 16.7. The highest BCUT2D eigenvalue weighted by atomic mass is 16.5. The minimum absolute atomic E-state index is 0.216. The van der Waals surface area contributed by atoms with Gasteiger partial charge >= 0.3 is 6.01 Å². The van der Waals surface area contributed by atoms with Crippen molar-refractivity contribution in [1.82, 2.24) is 20.3 Å². The molecule has 0 saturated carbocycles. The summed E-state index contributed by atoms with van der Waals surface area (Å²) in [6.07, 6.45) is 0. The fourth-order valence-corrected chi connectivity index (χ4v) is 1.13. The Kier molecular flexibility index (Phi) is 1.97. The summed E-state index contributed by atoms with van der Waals surface area (Å²) in [7, 11) is 1.51. The third kappa shape index (κ3) is 1.52. The van der Waals surface area contributed by atoms with Gasteiger partial charge in [0.05, 0.1) is 7.11 Å². The molecule has 1 aromatic rings. The van der Waals surface area contributed by atoms with Crippen molar-refractivity contribution in [3.05, 3.63) is 5.82 Å². The number of aromatic nitrogens is 3. The molecule has 0 spiro atoms. The smallest absolute Gasteiger partial charge is 0.321 e. The molecule has 13 heavy (non-hydrogen) atoms. The highest BCUT2D eigenvalue weighted by Gasteiger charge is 2.23. The van der Waals surface area contributed by atoms with Gasteiger partial charge in [0.15, 0.2) is 0 Å². The Labute approximate surface area is 75.5 Å². The van der Waals surface area contributed by atoms with E-state index in [0.717, 1.165) is 13.1 Å². The number of hydrogen-bond acceptors (Lipinski definition) is 6. The maximum atomic E-state index is 5.49. The zero-order valence-electron chi connectivity index (χ0n) is 7.32. The predicted octanol–water partition coefficient (Wildman–Crippen LogP) is -0.851. The first-order valence-electron chi connectivity index (χ1n) is 4.05. The number of anilines is 1. The number of methoxy groups -OCH3 is 1. The molecule has 3 N–H and O–H groups in total. The van der Waals surface area contributed by atoms with Gasteiger partial charge in [-0.25, -0.2) is 0 Å². The maximum absolute atomic E-state index is 5.49. The largest absolute Gasteiger partial charge is 0.467 e. The molecule has 0 aromatic carbocycles. The fraction of sp³-hybridized carbons (Fsp3) is 0.571. The summed E-state index contributed by atoms with van der Waals surface area (Å²) in [5.74, 6) is 1.27. The zero-order chi connectivity index (χ0) is 9.26. The van der Waals surface area contributed by atoms with Gasteiger partial charge in [-0.15, -0.1) is 0 Å². The zero-order valence-corrected chi connectivity index (χ0v) is 7.32. The van der Waals surface area contributed by atoms with Gasteiger partial charge in [-0.3, -0.25) is 0 Å². The van der Waals surface area contributed by atoms with Gasteiger partial charge in [-0.1, -0.05) is 0 Å². The number of rotatable bonds is 2. The second kappa shape index (κ2) is 3.14. The third-order valence-corrected chi connectivity index (χ3v) is 1.98. The van der Waals surface area contributed by atoms with Crippen LogP contribution in [-0.4, -0.2) is 35.2 Å². The van der Waals surface area contributed by atoms with Crippen molar-refractivity contribution in [3.63, 3.8) is 0 Å². The molecular weight excluding hydrogens is 170 g/mol. The summed E-state index contributed by atoms with van der Waals surface area (Å²) in [6, 6.07) is 0.286. The Morgan fingerprint density at radius 1 is 1.38 bits per heavy atom. The predicted molar refractivity (Wildman–Crippen MR) is 46.4 cm³/mol. The summed E-state index contributed by atoms with van der Waals surface area (Å²) in [4.78, 5) is 12.0. The van der Waals surface area contributed by atoms with E-state index in [9.17, 15) is 0 Å². The van der Waals surface area contributed by atoms with Gasteiger partial charge in [0.25, 0.3) is 0 Å². The van der Waals surface area contributed by atoms with Crippen LogP contribution in [0.2, 0.25) is 0 Å². The average molecular weight is 181 g/mol. The van der Waals surface area contributed by atoms with Crippen LogP contribution in [0.4, 0.5) is 5.95 Å². The lowest BCUT2D eigenvalue weighted by Crippen LogP contribution is -2.41. The number of nitrogens with zero attached hydrogens (tertiary/aromatic N) is 3. The Morgan fingerprint density at radius 2 is 2.15 bits per heavy atom. The van der Waals surface area contributed by atoms with E-state index in [1.807, 2.05) is 0 Å². The molecular formula is C7H11N5O. The van der Waals surface area contributed by atoms with Gasteiger partial charge in [-0.2, -0.15) is 15.0 Å². The quantitative estimate of drug-likeness (QED) is 0.618. The topological polar surface area (TPSA) is 86.0 Å². The first-order valence-corrected chi connectivity index (χ1v) is 4.05. The molecule has 0 radical (unpaired) electrons. The lowest BCUT2D eigenvalue weighted by molar-refractivity contribution is 0.366. The molecule has 6 heteroatoms. The van der Waals surface area contributed by atoms with E-state index in [0.29, 0.717) is 11.7 Å². The van der Waals surface area contributed by atoms with Gasteiger partial charge in [0.1, 0.15) is 5.82 Å². The van der Waals surface area contributed by atoms with Crippen LogP contribution in [0.15, 0.2) is 0 Å². The van der Waals surface area contributed by atoms with Crippen molar-refractivity contribution < 1.29 is 4.74 Å². The van der Waals surface area contributed by atoms with Crippen molar-refractivity contribution in [2.24, 2.45) is 0 Å². The van der Waals surface area contributed by atoms with Crippen LogP contribution >= 0.6 is 0 Å². The van der Waals surface area contributed by atoms with Crippen LogP contribution in [0.5, 0.6) is 6.01 Å². The fourth-order valence-electron chi connectivity index (χ4n) is 1.13. The molecule has 1 aliphatic heterocycles. The molecule has 70 valence electrons. The van der Waals surface area contributed by atoms with Crippen LogP contribution in [0.25, 0.3) is 0 Å². The summed E-state index contributed by atoms with van der Waals surface area (Å²) in [6.45, 7) is 1.79.